The van der Waals surface area contributed by atoms with Gasteiger partial charge in [0.25, 0.3) is 0 Å². The van der Waals surface area contributed by atoms with Gasteiger partial charge in [-0.2, -0.15) is 0 Å². The number of ketones is 1. The molecule has 2 rings (SSSR count). The minimum Gasteiger partial charge on any atom is -0.299 e. The fraction of sp³-hybridized carbons (Fsp3) is 0.833. The highest BCUT2D eigenvalue weighted by molar-refractivity contribution is 5.86. The second kappa shape index (κ2) is 0.908. The lowest BCUT2D eigenvalue weighted by Crippen LogP contribution is -1.91. The van der Waals surface area contributed by atoms with Crippen LogP contribution in [0.3, 0.4) is 0 Å². The molecule has 0 aliphatic heterocycles. The van der Waals surface area contributed by atoms with Crippen LogP contribution in [0.2, 0.25) is 0 Å². The molecule has 1 unspecified atom stereocenters. The highest BCUT2D eigenvalue weighted by Gasteiger charge is 2.47. The van der Waals surface area contributed by atoms with Crippen molar-refractivity contribution in [3.8, 4) is 0 Å². The van der Waals surface area contributed by atoms with Crippen LogP contribution in [0.1, 0.15) is 19.3 Å². The minimum absolute atomic E-state index is 0.532. The first-order chi connectivity index (χ1) is 3.38. The van der Waals surface area contributed by atoms with Crippen molar-refractivity contribution in [1.82, 2.24) is 0 Å². The number of Topliss-reactive ketones (excluding diaryl/α,β-unsaturated/α-hetero) is 1. The van der Waals surface area contributed by atoms with Gasteiger partial charge in [0.15, 0.2) is 0 Å². The second-order valence-corrected chi connectivity index (χ2v) is 2.61. The zero-order chi connectivity index (χ0) is 4.85. The van der Waals surface area contributed by atoms with Crippen molar-refractivity contribution in [2.24, 2.45) is 11.8 Å². The fourth-order valence-corrected chi connectivity index (χ4v) is 1.47. The number of fused-ring (bicyclic) bond motifs is 1. The Bertz CT molecular complexity index is 117. The van der Waals surface area contributed by atoms with Gasteiger partial charge in [-0.05, 0) is 18.8 Å². The standard InChI is InChI=1S/C6H8O/c7-6-2-1-4-3-5(4)6/h4-5H,1-3H2/t4?,5-/m0/s1. The molecule has 0 spiro atoms. The monoisotopic (exact) mass is 96.1 g/mol. The van der Waals surface area contributed by atoms with Crippen LogP contribution < -0.4 is 0 Å². The van der Waals surface area contributed by atoms with Crippen LogP contribution in [0.5, 0.6) is 0 Å². The Balaban J connectivity index is 2.21. The molecule has 1 nitrogen and oxygen atoms in total. The number of carbonyl (C=O) groups excluding carboxylic acids is 1. The first kappa shape index (κ1) is 3.65. The quantitative estimate of drug-likeness (QED) is 0.439. The Labute approximate surface area is 42.7 Å². The maximum absolute atomic E-state index is 10.6. The van der Waals surface area contributed by atoms with Gasteiger partial charge in [-0.1, -0.05) is 0 Å². The fourth-order valence-electron chi connectivity index (χ4n) is 1.47. The predicted octanol–water partition coefficient (Wildman–Crippen LogP) is 0.985. The smallest absolute Gasteiger partial charge is 0.136 e. The van der Waals surface area contributed by atoms with Crippen molar-refractivity contribution >= 4 is 5.78 Å². The van der Waals surface area contributed by atoms with Crippen molar-refractivity contribution in [2.75, 3.05) is 0 Å². The van der Waals surface area contributed by atoms with E-state index in [2.05, 4.69) is 0 Å². The van der Waals surface area contributed by atoms with Crippen LogP contribution in [0, 0.1) is 11.8 Å². The molecule has 0 heterocycles. The molecule has 2 aliphatic carbocycles. The van der Waals surface area contributed by atoms with E-state index in [4.69, 9.17) is 0 Å². The summed E-state index contributed by atoms with van der Waals surface area (Å²) >= 11 is 0. The van der Waals surface area contributed by atoms with E-state index in [-0.39, 0.29) is 0 Å². The van der Waals surface area contributed by atoms with E-state index in [0.29, 0.717) is 11.7 Å². The summed E-state index contributed by atoms with van der Waals surface area (Å²) in [6.07, 6.45) is 3.30. The second-order valence-electron chi connectivity index (χ2n) is 2.61. The van der Waals surface area contributed by atoms with Crippen LogP contribution in [0.15, 0.2) is 0 Å². The lowest BCUT2D eigenvalue weighted by Gasteiger charge is -1.82. The Morgan fingerprint density at radius 3 is 2.57 bits per heavy atom. The van der Waals surface area contributed by atoms with Crippen LogP contribution >= 0.6 is 0 Å². The molecule has 2 saturated carbocycles. The zero-order valence-electron chi connectivity index (χ0n) is 4.18. The summed E-state index contributed by atoms with van der Waals surface area (Å²) in [5.41, 5.74) is 0. The summed E-state index contributed by atoms with van der Waals surface area (Å²) < 4.78 is 0. The molecule has 0 aromatic carbocycles. The minimum atomic E-state index is 0.532. The van der Waals surface area contributed by atoms with Crippen molar-refractivity contribution < 1.29 is 4.79 Å². The number of hydrogen-bond donors (Lipinski definition) is 0. The van der Waals surface area contributed by atoms with E-state index in [0.717, 1.165) is 12.3 Å². The maximum Gasteiger partial charge on any atom is 0.136 e. The van der Waals surface area contributed by atoms with E-state index in [9.17, 15) is 4.79 Å². The highest BCUT2D eigenvalue weighted by atomic mass is 16.1. The van der Waals surface area contributed by atoms with E-state index in [1.54, 1.807) is 0 Å². The molecule has 38 valence electrons. The lowest BCUT2D eigenvalue weighted by atomic mass is 10.2. The van der Waals surface area contributed by atoms with Crippen molar-refractivity contribution in [3.05, 3.63) is 0 Å². The molecule has 0 aromatic rings. The molecule has 0 amide bonds. The predicted molar refractivity (Wildman–Crippen MR) is 25.8 cm³/mol. The lowest BCUT2D eigenvalue weighted by molar-refractivity contribution is -0.119. The summed E-state index contributed by atoms with van der Waals surface area (Å²) in [6.45, 7) is 0. The van der Waals surface area contributed by atoms with Crippen molar-refractivity contribution in [3.63, 3.8) is 0 Å². The van der Waals surface area contributed by atoms with Gasteiger partial charge in [-0.3, -0.25) is 4.79 Å². The van der Waals surface area contributed by atoms with Gasteiger partial charge in [0.2, 0.25) is 0 Å². The first-order valence-corrected chi connectivity index (χ1v) is 2.90. The van der Waals surface area contributed by atoms with Gasteiger partial charge < -0.3 is 0 Å². The Morgan fingerprint density at radius 2 is 2.43 bits per heavy atom. The largest absolute Gasteiger partial charge is 0.299 e. The maximum atomic E-state index is 10.6. The summed E-state index contributed by atoms with van der Waals surface area (Å²) in [7, 11) is 0. The average Bonchev–Trinajstić information content (AvgIpc) is 2.33. The van der Waals surface area contributed by atoms with E-state index < -0.39 is 0 Å². The molecule has 0 bridgehead atoms. The van der Waals surface area contributed by atoms with Crippen LogP contribution in [-0.4, -0.2) is 5.78 Å². The molecule has 0 aromatic heterocycles. The molecule has 1 heteroatoms. The number of hydrogen-bond acceptors (Lipinski definition) is 1. The highest BCUT2D eigenvalue weighted by Crippen LogP contribution is 2.49. The average molecular weight is 96.1 g/mol. The van der Waals surface area contributed by atoms with Gasteiger partial charge in [-0.25, -0.2) is 0 Å². The van der Waals surface area contributed by atoms with Crippen LogP contribution in [-0.2, 0) is 4.79 Å². The normalized spacial score (nSPS) is 46.6. The summed E-state index contributed by atoms with van der Waals surface area (Å²) in [5, 5.41) is 0. The van der Waals surface area contributed by atoms with Gasteiger partial charge >= 0.3 is 0 Å². The van der Waals surface area contributed by atoms with Gasteiger partial charge in [0.05, 0.1) is 0 Å². The summed E-state index contributed by atoms with van der Waals surface area (Å²) in [4.78, 5) is 10.6. The molecule has 2 aliphatic rings. The van der Waals surface area contributed by atoms with Crippen molar-refractivity contribution in [1.29, 1.82) is 0 Å². The molecule has 0 radical (unpaired) electrons. The number of carbonyl (C=O) groups is 1. The Kier molecular flexibility index (Phi) is 0.473. The Morgan fingerprint density at radius 1 is 1.57 bits per heavy atom. The van der Waals surface area contributed by atoms with Gasteiger partial charge in [0, 0.05) is 12.3 Å². The molecule has 7 heavy (non-hydrogen) atoms. The van der Waals surface area contributed by atoms with Gasteiger partial charge in [0.1, 0.15) is 5.78 Å². The molecule has 0 saturated heterocycles. The van der Waals surface area contributed by atoms with E-state index in [1.807, 2.05) is 0 Å². The van der Waals surface area contributed by atoms with Gasteiger partial charge in [-0.15, -0.1) is 0 Å². The Hall–Kier alpha value is -0.330. The first-order valence-electron chi connectivity index (χ1n) is 2.90. The third-order valence-corrected chi connectivity index (χ3v) is 2.10. The van der Waals surface area contributed by atoms with E-state index >= 15 is 0 Å². The van der Waals surface area contributed by atoms with Crippen LogP contribution in [0.25, 0.3) is 0 Å². The summed E-state index contributed by atoms with van der Waals surface area (Å²) in [6, 6.07) is 0. The third-order valence-electron chi connectivity index (χ3n) is 2.10. The third kappa shape index (κ3) is 0.355. The van der Waals surface area contributed by atoms with E-state index in [1.165, 1.54) is 12.8 Å². The molecular weight excluding hydrogens is 88.1 g/mol. The van der Waals surface area contributed by atoms with Crippen molar-refractivity contribution in [2.45, 2.75) is 19.3 Å². The molecule has 2 atom stereocenters. The summed E-state index contributed by atoms with van der Waals surface area (Å²) in [5.74, 6) is 1.91. The molecular formula is C6H8O. The topological polar surface area (TPSA) is 17.1 Å². The number of rotatable bonds is 0. The van der Waals surface area contributed by atoms with Crippen LogP contribution in [0.4, 0.5) is 0 Å². The molecule has 2 fully saturated rings. The zero-order valence-corrected chi connectivity index (χ0v) is 4.18. The molecule has 0 N–H and O–H groups in total. The SMILES string of the molecule is O=C1CCC2C[C@H]12.